The Morgan fingerprint density at radius 3 is 1.47 bits per heavy atom. The number of pyridine rings is 1. The standard InChI is InChI=1S/C54H35N3/c55-36-37-14-12-21-41(28-37)45-30-46(47-33-51(39-17-6-2-7-18-39)56-52(34-47)40-19-8-3-9-20-40)32-48(31-45)57-53-25-11-10-24-49(53)50-27-26-44(35-54(50)57)43-23-13-22-42(29-43)38-15-4-1-5-16-38/h1-35H. The monoisotopic (exact) mass is 725 g/mol. The molecule has 0 amide bonds. The molecule has 0 atom stereocenters. The van der Waals surface area contributed by atoms with Gasteiger partial charge in [0, 0.05) is 27.6 Å². The molecule has 3 nitrogen and oxygen atoms in total. The van der Waals surface area contributed by atoms with Crippen LogP contribution in [0.2, 0.25) is 0 Å². The van der Waals surface area contributed by atoms with Gasteiger partial charge < -0.3 is 4.57 Å². The molecule has 2 heterocycles. The lowest BCUT2D eigenvalue weighted by molar-refractivity contribution is 1.18. The van der Waals surface area contributed by atoms with Crippen LogP contribution < -0.4 is 0 Å². The zero-order chi connectivity index (χ0) is 38.1. The topological polar surface area (TPSA) is 41.6 Å². The minimum Gasteiger partial charge on any atom is -0.309 e. The van der Waals surface area contributed by atoms with Crippen LogP contribution in [0.25, 0.3) is 94.5 Å². The van der Waals surface area contributed by atoms with Crippen molar-refractivity contribution in [2.24, 2.45) is 0 Å². The minimum atomic E-state index is 0.625. The highest BCUT2D eigenvalue weighted by atomic mass is 15.0. The van der Waals surface area contributed by atoms with Gasteiger partial charge in [-0.3, -0.25) is 0 Å². The largest absolute Gasteiger partial charge is 0.309 e. The molecule has 10 rings (SSSR count). The average Bonchev–Trinajstić information content (AvgIpc) is 3.63. The first-order valence-corrected chi connectivity index (χ1v) is 19.2. The Morgan fingerprint density at radius 2 is 0.807 bits per heavy atom. The van der Waals surface area contributed by atoms with Gasteiger partial charge in [0.05, 0.1) is 34.1 Å². The second kappa shape index (κ2) is 14.5. The van der Waals surface area contributed by atoms with E-state index in [0.717, 1.165) is 72.6 Å². The van der Waals surface area contributed by atoms with Crippen LogP contribution >= 0.6 is 0 Å². The fourth-order valence-corrected chi connectivity index (χ4v) is 7.99. The maximum atomic E-state index is 9.90. The molecular weight excluding hydrogens is 691 g/mol. The highest BCUT2D eigenvalue weighted by Gasteiger charge is 2.17. The Labute approximate surface area is 332 Å². The van der Waals surface area contributed by atoms with Crippen LogP contribution in [0.15, 0.2) is 212 Å². The number of para-hydroxylation sites is 1. The van der Waals surface area contributed by atoms with Crippen LogP contribution in [-0.2, 0) is 0 Å². The summed E-state index contributed by atoms with van der Waals surface area (Å²) in [6.45, 7) is 0. The van der Waals surface area contributed by atoms with E-state index in [-0.39, 0.29) is 0 Å². The van der Waals surface area contributed by atoms with Crippen LogP contribution in [0.1, 0.15) is 5.56 Å². The van der Waals surface area contributed by atoms with E-state index in [4.69, 9.17) is 4.98 Å². The summed E-state index contributed by atoms with van der Waals surface area (Å²) < 4.78 is 2.40. The molecule has 0 fully saturated rings. The SMILES string of the molecule is N#Cc1cccc(-c2cc(-c3cc(-c4ccccc4)nc(-c4ccccc4)c3)cc(-n3c4ccccc4c4ccc(-c5cccc(-c6ccccc6)c5)cc43)c2)c1. The third kappa shape index (κ3) is 6.46. The molecule has 0 unspecified atom stereocenters. The van der Waals surface area contributed by atoms with Gasteiger partial charge in [-0.1, -0.05) is 152 Å². The lowest BCUT2D eigenvalue weighted by Gasteiger charge is -2.16. The molecule has 0 aliphatic carbocycles. The van der Waals surface area contributed by atoms with Gasteiger partial charge in [-0.05, 0) is 105 Å². The summed E-state index contributed by atoms with van der Waals surface area (Å²) in [5.41, 5.74) is 16.6. The molecular formula is C54H35N3. The van der Waals surface area contributed by atoms with Crippen LogP contribution in [0.5, 0.6) is 0 Å². The van der Waals surface area contributed by atoms with Gasteiger partial charge in [0.2, 0.25) is 0 Å². The summed E-state index contributed by atoms with van der Waals surface area (Å²) in [5, 5.41) is 12.3. The van der Waals surface area contributed by atoms with Crippen molar-refractivity contribution in [3.63, 3.8) is 0 Å². The molecule has 10 aromatic rings. The number of rotatable bonds is 7. The van der Waals surface area contributed by atoms with E-state index in [1.54, 1.807) is 0 Å². The summed E-state index contributed by atoms with van der Waals surface area (Å²) in [5.74, 6) is 0. The fraction of sp³-hybridized carbons (Fsp3) is 0. The molecule has 0 aliphatic rings. The maximum absolute atomic E-state index is 9.90. The van der Waals surface area contributed by atoms with Crippen molar-refractivity contribution < 1.29 is 0 Å². The highest BCUT2D eigenvalue weighted by molar-refractivity contribution is 6.10. The molecule has 0 aliphatic heterocycles. The number of fused-ring (bicyclic) bond motifs is 3. The Kier molecular flexibility index (Phi) is 8.56. The van der Waals surface area contributed by atoms with Crippen molar-refractivity contribution in [1.82, 2.24) is 9.55 Å². The van der Waals surface area contributed by atoms with Crippen molar-refractivity contribution in [1.29, 1.82) is 5.26 Å². The second-order valence-corrected chi connectivity index (χ2v) is 14.4. The van der Waals surface area contributed by atoms with E-state index in [0.29, 0.717) is 5.56 Å². The highest BCUT2D eigenvalue weighted by Crippen LogP contribution is 2.39. The number of nitrogens with zero attached hydrogens (tertiary/aromatic N) is 3. The molecule has 0 N–H and O–H groups in total. The second-order valence-electron chi connectivity index (χ2n) is 14.4. The summed E-state index contributed by atoms with van der Waals surface area (Å²) >= 11 is 0. The quantitative estimate of drug-likeness (QED) is 0.164. The number of benzene rings is 8. The number of nitriles is 1. The van der Waals surface area contributed by atoms with Crippen LogP contribution in [0.3, 0.4) is 0 Å². The number of hydrogen-bond acceptors (Lipinski definition) is 2. The van der Waals surface area contributed by atoms with E-state index in [1.807, 2.05) is 30.3 Å². The van der Waals surface area contributed by atoms with E-state index in [9.17, 15) is 5.26 Å². The molecule has 3 heteroatoms. The molecule has 0 spiro atoms. The molecule has 57 heavy (non-hydrogen) atoms. The zero-order valence-corrected chi connectivity index (χ0v) is 31.0. The molecule has 0 saturated carbocycles. The van der Waals surface area contributed by atoms with Crippen molar-refractivity contribution in [3.05, 3.63) is 218 Å². The molecule has 8 aromatic carbocycles. The normalized spacial score (nSPS) is 11.1. The van der Waals surface area contributed by atoms with Crippen molar-refractivity contribution in [2.45, 2.75) is 0 Å². The maximum Gasteiger partial charge on any atom is 0.0991 e. The van der Waals surface area contributed by atoms with Crippen LogP contribution in [0.4, 0.5) is 0 Å². The zero-order valence-electron chi connectivity index (χ0n) is 31.0. The molecule has 266 valence electrons. The van der Waals surface area contributed by atoms with Crippen molar-refractivity contribution in [2.75, 3.05) is 0 Å². The lowest BCUT2D eigenvalue weighted by Crippen LogP contribution is -1.97. The van der Waals surface area contributed by atoms with Gasteiger partial charge in [0.15, 0.2) is 0 Å². The number of hydrogen-bond donors (Lipinski definition) is 0. The average molecular weight is 726 g/mol. The minimum absolute atomic E-state index is 0.625. The van der Waals surface area contributed by atoms with E-state index in [1.165, 1.54) is 21.9 Å². The Morgan fingerprint density at radius 1 is 0.333 bits per heavy atom. The third-order valence-electron chi connectivity index (χ3n) is 10.8. The third-order valence-corrected chi connectivity index (χ3v) is 10.8. The van der Waals surface area contributed by atoms with E-state index < -0.39 is 0 Å². The predicted octanol–water partition coefficient (Wildman–Crippen LogP) is 14.1. The Balaban J connectivity index is 1.22. The Bertz CT molecular complexity index is 3060. The van der Waals surface area contributed by atoms with E-state index in [2.05, 4.69) is 193 Å². The van der Waals surface area contributed by atoms with Gasteiger partial charge in [0.1, 0.15) is 0 Å². The first-order valence-electron chi connectivity index (χ1n) is 19.2. The predicted molar refractivity (Wildman–Crippen MR) is 236 cm³/mol. The summed E-state index contributed by atoms with van der Waals surface area (Å²) in [7, 11) is 0. The van der Waals surface area contributed by atoms with Crippen LogP contribution in [0, 0.1) is 11.3 Å². The first kappa shape index (κ1) is 33.7. The van der Waals surface area contributed by atoms with Gasteiger partial charge in [-0.15, -0.1) is 0 Å². The molecule has 0 bridgehead atoms. The summed E-state index contributed by atoms with van der Waals surface area (Å²) in [6.07, 6.45) is 0. The van der Waals surface area contributed by atoms with Crippen LogP contribution in [-0.4, -0.2) is 9.55 Å². The van der Waals surface area contributed by atoms with Gasteiger partial charge in [-0.25, -0.2) is 4.98 Å². The van der Waals surface area contributed by atoms with E-state index >= 15 is 0 Å². The molecule has 2 aromatic heterocycles. The summed E-state index contributed by atoms with van der Waals surface area (Å²) in [4.78, 5) is 5.18. The van der Waals surface area contributed by atoms with Crippen molar-refractivity contribution in [3.8, 4) is 78.8 Å². The summed E-state index contributed by atoms with van der Waals surface area (Å²) in [6, 6.07) is 77.0. The van der Waals surface area contributed by atoms with Gasteiger partial charge in [-0.2, -0.15) is 5.26 Å². The fourth-order valence-electron chi connectivity index (χ4n) is 7.99. The van der Waals surface area contributed by atoms with Crippen molar-refractivity contribution >= 4 is 21.8 Å². The Hall–Kier alpha value is -7.80. The van der Waals surface area contributed by atoms with Gasteiger partial charge >= 0.3 is 0 Å². The smallest absolute Gasteiger partial charge is 0.0991 e. The molecule has 0 radical (unpaired) electrons. The number of aromatic nitrogens is 2. The van der Waals surface area contributed by atoms with Gasteiger partial charge in [0.25, 0.3) is 0 Å². The molecule has 0 saturated heterocycles. The lowest BCUT2D eigenvalue weighted by atomic mass is 9.95. The first-order chi connectivity index (χ1) is 28.2.